The van der Waals surface area contributed by atoms with E-state index in [4.69, 9.17) is 5.11 Å². The zero-order valence-electron chi connectivity index (χ0n) is 9.21. The van der Waals surface area contributed by atoms with Gasteiger partial charge in [0, 0.05) is 4.47 Å². The molecule has 1 aromatic carbocycles. The topological polar surface area (TPSA) is 83.5 Å². The first-order chi connectivity index (χ1) is 8.38. The smallest absolute Gasteiger partial charge is 0.321 e. The molecule has 0 saturated heterocycles. The molecule has 0 aliphatic carbocycles. The van der Waals surface area contributed by atoms with Crippen LogP contribution in [-0.4, -0.2) is 31.3 Å². The van der Waals surface area contributed by atoms with Crippen LogP contribution in [-0.2, 0) is 14.8 Å². The minimum atomic E-state index is -3.87. The van der Waals surface area contributed by atoms with Crippen LogP contribution >= 0.6 is 28.6 Å². The van der Waals surface area contributed by atoms with Crippen molar-refractivity contribution in [3.05, 3.63) is 28.7 Å². The van der Waals surface area contributed by atoms with Gasteiger partial charge in [-0.3, -0.25) is 4.79 Å². The van der Waals surface area contributed by atoms with Gasteiger partial charge in [0.05, 0.1) is 4.90 Å². The highest BCUT2D eigenvalue weighted by atomic mass is 79.9. The van der Waals surface area contributed by atoms with E-state index in [-0.39, 0.29) is 17.1 Å². The van der Waals surface area contributed by atoms with Gasteiger partial charge in [0.2, 0.25) is 10.0 Å². The molecule has 100 valence electrons. The number of rotatable bonds is 6. The Morgan fingerprint density at radius 3 is 2.56 bits per heavy atom. The monoisotopic (exact) mass is 353 g/mol. The summed E-state index contributed by atoms with van der Waals surface area (Å²) < 4.78 is 26.6. The lowest BCUT2D eigenvalue weighted by Crippen LogP contribution is -2.41. The Morgan fingerprint density at radius 1 is 1.44 bits per heavy atom. The van der Waals surface area contributed by atoms with Crippen molar-refractivity contribution < 1.29 is 18.3 Å². The fourth-order valence-corrected chi connectivity index (χ4v) is 3.76. The molecule has 0 heterocycles. The van der Waals surface area contributed by atoms with Gasteiger partial charge < -0.3 is 5.11 Å². The van der Waals surface area contributed by atoms with Crippen LogP contribution in [0.4, 0.5) is 0 Å². The van der Waals surface area contributed by atoms with Crippen LogP contribution in [0.5, 0.6) is 0 Å². The maximum Gasteiger partial charge on any atom is 0.321 e. The molecular weight excluding hydrogens is 342 g/mol. The molecule has 5 nitrogen and oxygen atoms in total. The van der Waals surface area contributed by atoms with Crippen molar-refractivity contribution in [2.24, 2.45) is 0 Å². The number of thiol groups is 1. The van der Waals surface area contributed by atoms with E-state index in [9.17, 15) is 13.2 Å². The van der Waals surface area contributed by atoms with E-state index >= 15 is 0 Å². The minimum absolute atomic E-state index is 0.00964. The van der Waals surface area contributed by atoms with Gasteiger partial charge in [-0.1, -0.05) is 12.1 Å². The molecule has 1 aromatic rings. The third-order valence-corrected chi connectivity index (χ3v) is 4.88. The number of hydrogen-bond acceptors (Lipinski definition) is 4. The Balaban J connectivity index is 3.01. The van der Waals surface area contributed by atoms with Crippen molar-refractivity contribution in [1.29, 1.82) is 0 Å². The maximum atomic E-state index is 12.0. The summed E-state index contributed by atoms with van der Waals surface area (Å²) in [6, 6.07) is 5.02. The number of benzene rings is 1. The third kappa shape index (κ3) is 3.98. The van der Waals surface area contributed by atoms with Gasteiger partial charge in [-0.25, -0.2) is 8.42 Å². The largest absolute Gasteiger partial charge is 0.480 e. The van der Waals surface area contributed by atoms with E-state index in [1.165, 1.54) is 6.07 Å². The molecule has 0 radical (unpaired) electrons. The summed E-state index contributed by atoms with van der Waals surface area (Å²) >= 11 is 7.02. The van der Waals surface area contributed by atoms with Crippen molar-refractivity contribution >= 4 is 44.6 Å². The number of nitrogens with one attached hydrogen (secondary N) is 1. The van der Waals surface area contributed by atoms with E-state index in [1.54, 1.807) is 18.2 Å². The highest BCUT2D eigenvalue weighted by Crippen LogP contribution is 2.21. The molecule has 0 saturated carbocycles. The van der Waals surface area contributed by atoms with Crippen molar-refractivity contribution in [2.45, 2.75) is 17.4 Å². The second-order valence-corrected chi connectivity index (χ2v) is 6.44. The molecule has 1 atom stereocenters. The van der Waals surface area contributed by atoms with Gasteiger partial charge in [-0.2, -0.15) is 17.4 Å². The molecule has 8 heteroatoms. The van der Waals surface area contributed by atoms with Crippen molar-refractivity contribution in [2.75, 3.05) is 5.75 Å². The summed E-state index contributed by atoms with van der Waals surface area (Å²) in [5.74, 6) is -0.949. The summed E-state index contributed by atoms with van der Waals surface area (Å²) in [6.07, 6.45) is 0.113. The molecule has 18 heavy (non-hydrogen) atoms. The second-order valence-electron chi connectivity index (χ2n) is 3.45. The fraction of sp³-hybridized carbons (Fsp3) is 0.300. The zero-order valence-corrected chi connectivity index (χ0v) is 12.5. The van der Waals surface area contributed by atoms with Crippen LogP contribution in [0.15, 0.2) is 33.6 Å². The molecule has 0 spiro atoms. The summed E-state index contributed by atoms with van der Waals surface area (Å²) in [5, 5.41) is 8.91. The zero-order chi connectivity index (χ0) is 13.8. The van der Waals surface area contributed by atoms with Gasteiger partial charge in [0.25, 0.3) is 0 Å². The Kier molecular flexibility index (Phi) is 5.64. The van der Waals surface area contributed by atoms with E-state index in [2.05, 4.69) is 33.3 Å². The van der Waals surface area contributed by atoms with Crippen molar-refractivity contribution in [3.8, 4) is 0 Å². The molecule has 0 aliphatic heterocycles. The Labute approximate surface area is 119 Å². The molecular formula is C10H12BrNO4S2. The number of carboxylic acid groups (broad SMARTS) is 1. The summed E-state index contributed by atoms with van der Waals surface area (Å²) in [7, 11) is -3.87. The molecule has 0 fully saturated rings. The fourth-order valence-electron chi connectivity index (χ4n) is 1.28. The third-order valence-electron chi connectivity index (χ3n) is 2.14. The first-order valence-electron chi connectivity index (χ1n) is 4.99. The average molecular weight is 354 g/mol. The van der Waals surface area contributed by atoms with Crippen LogP contribution < -0.4 is 4.72 Å². The first kappa shape index (κ1) is 15.5. The summed E-state index contributed by atoms with van der Waals surface area (Å²) in [4.78, 5) is 10.9. The van der Waals surface area contributed by atoms with Gasteiger partial charge in [0.1, 0.15) is 6.04 Å². The Hall–Kier alpha value is -0.570. The van der Waals surface area contributed by atoms with Crippen LogP contribution in [0.25, 0.3) is 0 Å². The molecule has 0 aliphatic rings. The van der Waals surface area contributed by atoms with Crippen LogP contribution in [0, 0.1) is 0 Å². The van der Waals surface area contributed by atoms with Crippen molar-refractivity contribution in [3.63, 3.8) is 0 Å². The molecule has 0 aromatic heterocycles. The number of carbonyl (C=O) groups is 1. The Morgan fingerprint density at radius 2 is 2.06 bits per heavy atom. The number of halogens is 1. The SMILES string of the molecule is O=C(O)C(CCS)NS(=O)(=O)c1ccccc1Br. The number of sulfonamides is 1. The normalized spacial score (nSPS) is 13.2. The maximum absolute atomic E-state index is 12.0. The van der Waals surface area contributed by atoms with Crippen molar-refractivity contribution in [1.82, 2.24) is 4.72 Å². The molecule has 2 N–H and O–H groups in total. The van der Waals surface area contributed by atoms with Gasteiger partial charge in [-0.15, -0.1) is 0 Å². The van der Waals surface area contributed by atoms with Crippen LogP contribution in [0.2, 0.25) is 0 Å². The van der Waals surface area contributed by atoms with Gasteiger partial charge in [-0.05, 0) is 40.2 Å². The highest BCUT2D eigenvalue weighted by molar-refractivity contribution is 9.10. The average Bonchev–Trinajstić information content (AvgIpc) is 2.28. The van der Waals surface area contributed by atoms with E-state index in [1.807, 2.05) is 0 Å². The lowest BCUT2D eigenvalue weighted by atomic mass is 10.2. The number of aliphatic carboxylic acids is 1. The predicted octanol–water partition coefficient (Wildman–Crippen LogP) is 1.50. The molecule has 1 unspecified atom stereocenters. The molecule has 0 bridgehead atoms. The predicted molar refractivity (Wildman–Crippen MR) is 74.4 cm³/mol. The van der Waals surface area contributed by atoms with Gasteiger partial charge >= 0.3 is 5.97 Å². The standard InChI is InChI=1S/C10H12BrNO4S2/c11-7-3-1-2-4-9(7)18(15,16)12-8(5-6-17)10(13)14/h1-4,8,12,17H,5-6H2,(H,13,14). The molecule has 1 rings (SSSR count). The molecule has 0 amide bonds. The first-order valence-corrected chi connectivity index (χ1v) is 7.90. The van der Waals surface area contributed by atoms with Crippen LogP contribution in [0.1, 0.15) is 6.42 Å². The summed E-state index contributed by atoms with van der Waals surface area (Å²) in [5.41, 5.74) is 0. The lowest BCUT2D eigenvalue weighted by molar-refractivity contribution is -0.139. The van der Waals surface area contributed by atoms with E-state index in [0.717, 1.165) is 0 Å². The summed E-state index contributed by atoms with van der Waals surface area (Å²) in [6.45, 7) is 0. The Bertz CT molecular complexity index is 532. The van der Waals surface area contributed by atoms with E-state index in [0.29, 0.717) is 4.47 Å². The number of carboxylic acids is 1. The highest BCUT2D eigenvalue weighted by Gasteiger charge is 2.25. The lowest BCUT2D eigenvalue weighted by Gasteiger charge is -2.14. The second kappa shape index (κ2) is 6.55. The quantitative estimate of drug-likeness (QED) is 0.676. The minimum Gasteiger partial charge on any atom is -0.480 e. The van der Waals surface area contributed by atoms with Gasteiger partial charge in [0.15, 0.2) is 0 Å². The van der Waals surface area contributed by atoms with E-state index < -0.39 is 22.0 Å². The number of hydrogen-bond donors (Lipinski definition) is 3. The van der Waals surface area contributed by atoms with Crippen LogP contribution in [0.3, 0.4) is 0 Å².